The average molecular weight is 377 g/mol. The summed E-state index contributed by atoms with van der Waals surface area (Å²) in [7, 11) is 0. The zero-order chi connectivity index (χ0) is 18.1. The zero-order valence-electron chi connectivity index (χ0n) is 15.0. The highest BCUT2D eigenvalue weighted by molar-refractivity contribution is 6.30. The molecule has 1 aliphatic carbocycles. The Morgan fingerprint density at radius 2 is 2.08 bits per heavy atom. The van der Waals surface area contributed by atoms with Gasteiger partial charge in [0.15, 0.2) is 5.82 Å². The van der Waals surface area contributed by atoms with Gasteiger partial charge in [-0.3, -0.25) is 4.57 Å². The van der Waals surface area contributed by atoms with Crippen LogP contribution in [-0.4, -0.2) is 38.7 Å². The van der Waals surface area contributed by atoms with Crippen molar-refractivity contribution in [1.29, 1.82) is 0 Å². The molecule has 0 saturated heterocycles. The number of aromatic nitrogens is 3. The Hall–Kier alpha value is -1.47. The maximum absolute atomic E-state index is 9.18. The van der Waals surface area contributed by atoms with Crippen LogP contribution in [0.3, 0.4) is 0 Å². The van der Waals surface area contributed by atoms with Crippen molar-refractivity contribution < 1.29 is 9.84 Å². The molecule has 140 valence electrons. The molecule has 0 unspecified atom stereocenters. The van der Waals surface area contributed by atoms with E-state index in [-0.39, 0.29) is 18.8 Å². The van der Waals surface area contributed by atoms with E-state index in [1.54, 1.807) is 0 Å². The van der Waals surface area contributed by atoms with Crippen molar-refractivity contribution in [3.05, 3.63) is 40.4 Å². The van der Waals surface area contributed by atoms with E-state index in [1.165, 1.54) is 5.56 Å². The first kappa shape index (κ1) is 17.9. The first-order valence-electron chi connectivity index (χ1n) is 9.35. The van der Waals surface area contributed by atoms with Crippen molar-refractivity contribution in [1.82, 2.24) is 20.1 Å². The Morgan fingerprint density at radius 1 is 1.27 bits per heavy atom. The lowest BCUT2D eigenvalue weighted by Crippen LogP contribution is -2.27. The maximum atomic E-state index is 9.18. The van der Waals surface area contributed by atoms with E-state index in [1.807, 2.05) is 19.1 Å². The minimum Gasteiger partial charge on any atom is -0.394 e. The Labute approximate surface area is 158 Å². The number of aliphatic hydroxyl groups excluding tert-OH is 1. The molecule has 1 saturated carbocycles. The van der Waals surface area contributed by atoms with Crippen LogP contribution in [0, 0.1) is 0 Å². The molecule has 2 aromatic rings. The highest BCUT2D eigenvalue weighted by Gasteiger charge is 2.30. The van der Waals surface area contributed by atoms with E-state index < -0.39 is 0 Å². The van der Waals surface area contributed by atoms with Crippen molar-refractivity contribution in [2.75, 3.05) is 6.61 Å². The molecule has 0 bridgehead atoms. The molecular weight excluding hydrogens is 352 g/mol. The lowest BCUT2D eigenvalue weighted by molar-refractivity contribution is -0.0460. The summed E-state index contributed by atoms with van der Waals surface area (Å²) in [5.74, 6) is 2.37. The summed E-state index contributed by atoms with van der Waals surface area (Å²) in [5.41, 5.74) is 2.30. The normalized spacial score (nSPS) is 23.8. The molecule has 0 amide bonds. The van der Waals surface area contributed by atoms with E-state index in [2.05, 4.69) is 26.1 Å². The molecule has 4 rings (SSSR count). The summed E-state index contributed by atoms with van der Waals surface area (Å²) >= 11 is 6.19. The van der Waals surface area contributed by atoms with Crippen LogP contribution in [0.4, 0.5) is 0 Å². The number of benzene rings is 1. The fraction of sp³-hybridized carbons (Fsp3) is 0.579. The number of nitrogens with one attached hydrogen (secondary N) is 1. The van der Waals surface area contributed by atoms with E-state index in [4.69, 9.17) is 16.3 Å². The summed E-state index contributed by atoms with van der Waals surface area (Å²) < 4.78 is 8.11. The monoisotopic (exact) mass is 376 g/mol. The van der Waals surface area contributed by atoms with Gasteiger partial charge in [-0.25, -0.2) is 0 Å². The Bertz CT molecular complexity index is 771. The summed E-state index contributed by atoms with van der Waals surface area (Å²) in [6.07, 6.45) is 4.16. The third kappa shape index (κ3) is 3.51. The SMILES string of the molecule is C[C@@H](CO)OC1CCC(c2nnc3n2-c2ccc(Cl)cc2CNC3)CC1. The summed E-state index contributed by atoms with van der Waals surface area (Å²) in [5, 5.41) is 22.3. The second-order valence-electron chi connectivity index (χ2n) is 7.29. The maximum Gasteiger partial charge on any atom is 0.151 e. The lowest BCUT2D eigenvalue weighted by Gasteiger charge is -2.30. The van der Waals surface area contributed by atoms with Crippen LogP contribution in [0.25, 0.3) is 5.69 Å². The first-order chi connectivity index (χ1) is 12.7. The van der Waals surface area contributed by atoms with Gasteiger partial charge >= 0.3 is 0 Å². The summed E-state index contributed by atoms with van der Waals surface area (Å²) in [6.45, 7) is 3.47. The molecule has 7 heteroatoms. The summed E-state index contributed by atoms with van der Waals surface area (Å²) in [6, 6.07) is 6.02. The van der Waals surface area contributed by atoms with Crippen LogP contribution >= 0.6 is 11.6 Å². The van der Waals surface area contributed by atoms with E-state index in [9.17, 15) is 5.11 Å². The van der Waals surface area contributed by atoms with Crippen LogP contribution in [0.15, 0.2) is 18.2 Å². The van der Waals surface area contributed by atoms with Gasteiger partial charge in [-0.15, -0.1) is 10.2 Å². The van der Waals surface area contributed by atoms with Gasteiger partial charge in [0.2, 0.25) is 0 Å². The van der Waals surface area contributed by atoms with Crippen molar-refractivity contribution in [2.45, 2.75) is 63.8 Å². The molecular formula is C19H25ClN4O2. The molecule has 6 nitrogen and oxygen atoms in total. The molecule has 1 aromatic carbocycles. The minimum atomic E-state index is -0.0939. The smallest absolute Gasteiger partial charge is 0.151 e. The molecule has 0 radical (unpaired) electrons. The van der Waals surface area contributed by atoms with E-state index in [0.717, 1.165) is 54.6 Å². The fourth-order valence-corrected chi connectivity index (χ4v) is 4.22. The van der Waals surface area contributed by atoms with Crippen molar-refractivity contribution >= 4 is 11.6 Å². The van der Waals surface area contributed by atoms with Gasteiger partial charge in [-0.1, -0.05) is 11.6 Å². The standard InChI is InChI=1S/C19H25ClN4O2/c1-12(11-25)26-16-5-2-13(3-6-16)19-23-22-18-10-21-9-14-8-15(20)4-7-17(14)24(18)19/h4,7-8,12-13,16,21,25H,2-3,5-6,9-11H2,1H3/t12-,13?,16?/m0/s1. The number of hydrogen-bond donors (Lipinski definition) is 2. The molecule has 2 heterocycles. The Balaban J connectivity index is 1.57. The molecule has 2 aliphatic rings. The highest BCUT2D eigenvalue weighted by Crippen LogP contribution is 2.36. The van der Waals surface area contributed by atoms with Crippen molar-refractivity contribution in [3.8, 4) is 5.69 Å². The van der Waals surface area contributed by atoms with E-state index >= 15 is 0 Å². The van der Waals surface area contributed by atoms with Gasteiger partial charge in [0.1, 0.15) is 5.82 Å². The predicted octanol–water partition coefficient (Wildman–Crippen LogP) is 2.95. The largest absolute Gasteiger partial charge is 0.394 e. The highest BCUT2D eigenvalue weighted by atomic mass is 35.5. The van der Waals surface area contributed by atoms with Crippen LogP contribution in [0.5, 0.6) is 0 Å². The van der Waals surface area contributed by atoms with Crippen molar-refractivity contribution in [3.63, 3.8) is 0 Å². The van der Waals surface area contributed by atoms with Gasteiger partial charge in [-0.2, -0.15) is 0 Å². The van der Waals surface area contributed by atoms with Gasteiger partial charge < -0.3 is 15.2 Å². The third-order valence-electron chi connectivity index (χ3n) is 5.36. The fourth-order valence-electron chi connectivity index (χ4n) is 4.02. The third-order valence-corrected chi connectivity index (χ3v) is 5.59. The van der Waals surface area contributed by atoms with Crippen molar-refractivity contribution in [2.24, 2.45) is 0 Å². The number of aliphatic hydroxyl groups is 1. The number of nitrogens with zero attached hydrogens (tertiary/aromatic N) is 3. The number of halogens is 1. The Morgan fingerprint density at radius 3 is 2.85 bits per heavy atom. The first-order valence-corrected chi connectivity index (χ1v) is 9.73. The van der Waals surface area contributed by atoms with Gasteiger partial charge in [0, 0.05) is 17.5 Å². The predicted molar refractivity (Wildman–Crippen MR) is 99.5 cm³/mol. The molecule has 26 heavy (non-hydrogen) atoms. The molecule has 0 spiro atoms. The second kappa shape index (κ2) is 7.64. The number of ether oxygens (including phenoxy) is 1. The molecule has 2 N–H and O–H groups in total. The number of hydrogen-bond acceptors (Lipinski definition) is 5. The second-order valence-corrected chi connectivity index (χ2v) is 7.73. The molecule has 1 aromatic heterocycles. The lowest BCUT2D eigenvalue weighted by atomic mass is 9.86. The van der Waals surface area contributed by atoms with E-state index in [0.29, 0.717) is 12.5 Å². The van der Waals surface area contributed by atoms with Crippen LogP contribution in [0.1, 0.15) is 55.7 Å². The molecule has 1 fully saturated rings. The number of rotatable bonds is 4. The quantitative estimate of drug-likeness (QED) is 0.858. The van der Waals surface area contributed by atoms with Gasteiger partial charge in [0.05, 0.1) is 31.0 Å². The topological polar surface area (TPSA) is 72.2 Å². The minimum absolute atomic E-state index is 0.0734. The van der Waals surface area contributed by atoms with Gasteiger partial charge in [-0.05, 0) is 56.4 Å². The molecule has 1 aliphatic heterocycles. The molecule has 1 atom stereocenters. The summed E-state index contributed by atoms with van der Waals surface area (Å²) in [4.78, 5) is 0. The van der Waals surface area contributed by atoms with Crippen LogP contribution in [0.2, 0.25) is 5.02 Å². The van der Waals surface area contributed by atoms with Crippen LogP contribution in [-0.2, 0) is 17.8 Å². The number of fused-ring (bicyclic) bond motifs is 3. The van der Waals surface area contributed by atoms with Crippen LogP contribution < -0.4 is 5.32 Å². The van der Waals surface area contributed by atoms with Gasteiger partial charge in [0.25, 0.3) is 0 Å². The zero-order valence-corrected chi connectivity index (χ0v) is 15.7. The Kier molecular flexibility index (Phi) is 5.27. The average Bonchev–Trinajstić information content (AvgIpc) is 2.98.